The van der Waals surface area contributed by atoms with Gasteiger partial charge in [-0.05, 0) is 30.7 Å². The first-order valence-corrected chi connectivity index (χ1v) is 6.70. The van der Waals surface area contributed by atoms with Crippen LogP contribution in [0.3, 0.4) is 0 Å². The van der Waals surface area contributed by atoms with E-state index in [2.05, 4.69) is 19.1 Å². The zero-order valence-electron chi connectivity index (χ0n) is 9.59. The Balaban J connectivity index is 1.99. The second kappa shape index (κ2) is 4.00. The fourth-order valence-corrected chi connectivity index (χ4v) is 3.39. The van der Waals surface area contributed by atoms with Crippen LogP contribution in [0.25, 0.3) is 0 Å². The Morgan fingerprint density at radius 2 is 1.76 bits per heavy atom. The van der Waals surface area contributed by atoms with Gasteiger partial charge in [0.25, 0.3) is 0 Å². The summed E-state index contributed by atoms with van der Waals surface area (Å²) in [5, 5.41) is 0. The summed E-state index contributed by atoms with van der Waals surface area (Å²) in [7, 11) is -1.06. The maximum Gasteiger partial charge on any atom is 0.153 e. The third kappa shape index (κ3) is 1.76. The van der Waals surface area contributed by atoms with Crippen molar-refractivity contribution in [1.82, 2.24) is 0 Å². The van der Waals surface area contributed by atoms with Crippen molar-refractivity contribution in [2.45, 2.75) is 18.4 Å². The van der Waals surface area contributed by atoms with E-state index in [9.17, 15) is 4.21 Å². The van der Waals surface area contributed by atoms with Crippen LogP contribution in [-0.4, -0.2) is 4.21 Å². The molecular weight excluding hydrogens is 230 g/mol. The molecule has 2 nitrogen and oxygen atoms in total. The van der Waals surface area contributed by atoms with E-state index in [1.807, 2.05) is 40.7 Å². The zero-order valence-corrected chi connectivity index (χ0v) is 10.4. The van der Waals surface area contributed by atoms with E-state index in [1.54, 1.807) is 0 Å². The Kier molecular flexibility index (Phi) is 2.48. The van der Waals surface area contributed by atoms with Gasteiger partial charge < -0.3 is 0 Å². The number of nitrogens with zero attached hydrogens (tertiary/aromatic N) is 1. The van der Waals surface area contributed by atoms with Crippen LogP contribution in [0.2, 0.25) is 0 Å². The minimum absolute atomic E-state index is 0.728. The van der Waals surface area contributed by atoms with E-state index in [0.29, 0.717) is 0 Å². The van der Waals surface area contributed by atoms with Crippen LogP contribution in [0, 0.1) is 6.92 Å². The lowest BCUT2D eigenvalue weighted by molar-refractivity contribution is 0.683. The fourth-order valence-electron chi connectivity index (χ4n) is 2.03. The van der Waals surface area contributed by atoms with Crippen LogP contribution in [0.4, 0.5) is 5.69 Å². The Bertz CT molecular complexity index is 577. The lowest BCUT2D eigenvalue weighted by Gasteiger charge is -2.15. The van der Waals surface area contributed by atoms with Crippen molar-refractivity contribution in [3.63, 3.8) is 0 Å². The van der Waals surface area contributed by atoms with Gasteiger partial charge in [-0.2, -0.15) is 0 Å². The number of fused-ring (bicyclic) bond motifs is 1. The zero-order chi connectivity index (χ0) is 11.8. The summed E-state index contributed by atoms with van der Waals surface area (Å²) in [4.78, 5) is 0.938. The number of benzene rings is 2. The van der Waals surface area contributed by atoms with Crippen molar-refractivity contribution in [3.8, 4) is 0 Å². The SMILES string of the molecule is Cc1ccc(N2Cc3ccccc3S2=O)cc1. The van der Waals surface area contributed by atoms with Crippen LogP contribution in [0.1, 0.15) is 11.1 Å². The molecule has 0 fully saturated rings. The molecule has 3 heteroatoms. The Hall–Kier alpha value is -1.61. The molecule has 1 atom stereocenters. The highest BCUT2D eigenvalue weighted by Gasteiger charge is 2.26. The van der Waals surface area contributed by atoms with Crippen LogP contribution >= 0.6 is 0 Å². The van der Waals surface area contributed by atoms with E-state index in [-0.39, 0.29) is 0 Å². The van der Waals surface area contributed by atoms with Gasteiger partial charge in [-0.3, -0.25) is 4.31 Å². The molecule has 1 aliphatic rings. The summed E-state index contributed by atoms with van der Waals surface area (Å²) >= 11 is 0. The fraction of sp³-hybridized carbons (Fsp3) is 0.143. The van der Waals surface area contributed by atoms with Crippen molar-refractivity contribution < 1.29 is 4.21 Å². The van der Waals surface area contributed by atoms with Crippen molar-refractivity contribution in [2.24, 2.45) is 0 Å². The number of anilines is 1. The Morgan fingerprint density at radius 1 is 1.06 bits per heavy atom. The molecule has 1 aliphatic heterocycles. The van der Waals surface area contributed by atoms with E-state index in [1.165, 1.54) is 5.56 Å². The summed E-state index contributed by atoms with van der Waals surface area (Å²) in [6, 6.07) is 16.1. The standard InChI is InChI=1S/C14H13NOS/c1-11-6-8-13(9-7-11)15-10-12-4-2-3-5-14(12)17(15)16/h2-9H,10H2,1H3. The van der Waals surface area contributed by atoms with Crippen molar-refractivity contribution in [1.29, 1.82) is 0 Å². The predicted molar refractivity (Wildman–Crippen MR) is 70.2 cm³/mol. The highest BCUT2D eigenvalue weighted by atomic mass is 32.2. The lowest BCUT2D eigenvalue weighted by Crippen LogP contribution is -2.17. The Labute approximate surface area is 103 Å². The first-order valence-electron chi connectivity index (χ1n) is 5.60. The Morgan fingerprint density at radius 3 is 2.47 bits per heavy atom. The van der Waals surface area contributed by atoms with Gasteiger partial charge in [-0.15, -0.1) is 0 Å². The molecule has 86 valence electrons. The van der Waals surface area contributed by atoms with Gasteiger partial charge in [0.15, 0.2) is 11.0 Å². The minimum atomic E-state index is -1.06. The molecule has 17 heavy (non-hydrogen) atoms. The minimum Gasteiger partial charge on any atom is -0.283 e. The van der Waals surface area contributed by atoms with Crippen LogP contribution in [0.5, 0.6) is 0 Å². The van der Waals surface area contributed by atoms with Gasteiger partial charge in [-0.1, -0.05) is 35.9 Å². The molecule has 0 aliphatic carbocycles. The molecule has 0 aromatic heterocycles. The molecule has 0 amide bonds. The highest BCUT2D eigenvalue weighted by molar-refractivity contribution is 7.86. The summed E-state index contributed by atoms with van der Waals surface area (Å²) in [5.41, 5.74) is 3.40. The van der Waals surface area contributed by atoms with Crippen LogP contribution < -0.4 is 4.31 Å². The second-order valence-electron chi connectivity index (χ2n) is 4.23. The lowest BCUT2D eigenvalue weighted by atomic mass is 10.2. The maximum absolute atomic E-state index is 12.3. The van der Waals surface area contributed by atoms with Crippen molar-refractivity contribution in [3.05, 3.63) is 59.7 Å². The number of hydrogen-bond acceptors (Lipinski definition) is 1. The van der Waals surface area contributed by atoms with Gasteiger partial charge in [0, 0.05) is 5.69 Å². The molecule has 0 N–H and O–H groups in total. The van der Waals surface area contributed by atoms with Crippen LogP contribution in [-0.2, 0) is 17.5 Å². The monoisotopic (exact) mass is 243 g/mol. The van der Waals surface area contributed by atoms with Crippen LogP contribution in [0.15, 0.2) is 53.4 Å². The largest absolute Gasteiger partial charge is 0.283 e. The molecule has 0 radical (unpaired) electrons. The highest BCUT2D eigenvalue weighted by Crippen LogP contribution is 2.31. The van der Waals surface area contributed by atoms with Crippen molar-refractivity contribution in [2.75, 3.05) is 4.31 Å². The molecule has 0 saturated heterocycles. The third-order valence-electron chi connectivity index (χ3n) is 3.00. The predicted octanol–water partition coefficient (Wildman–Crippen LogP) is 3.04. The average Bonchev–Trinajstić information content (AvgIpc) is 2.69. The molecule has 0 saturated carbocycles. The molecule has 0 spiro atoms. The number of rotatable bonds is 1. The summed E-state index contributed by atoms with van der Waals surface area (Å²) in [6.45, 7) is 2.78. The molecular formula is C14H13NOS. The second-order valence-corrected chi connectivity index (χ2v) is 5.61. The van der Waals surface area contributed by atoms with Gasteiger partial charge in [0.2, 0.25) is 0 Å². The first-order chi connectivity index (χ1) is 8.25. The molecule has 0 bridgehead atoms. The first kappa shape index (κ1) is 10.5. The van der Waals surface area contributed by atoms with E-state index >= 15 is 0 Å². The molecule has 2 aromatic rings. The molecule has 1 heterocycles. The third-order valence-corrected chi connectivity index (χ3v) is 4.51. The van der Waals surface area contributed by atoms with Gasteiger partial charge in [0.1, 0.15) is 0 Å². The van der Waals surface area contributed by atoms with E-state index in [4.69, 9.17) is 0 Å². The topological polar surface area (TPSA) is 20.3 Å². The molecule has 3 rings (SSSR count). The maximum atomic E-state index is 12.3. The smallest absolute Gasteiger partial charge is 0.153 e. The quantitative estimate of drug-likeness (QED) is 0.754. The molecule has 1 unspecified atom stereocenters. The summed E-state index contributed by atoms with van der Waals surface area (Å²) in [6.07, 6.45) is 0. The summed E-state index contributed by atoms with van der Waals surface area (Å²) < 4.78 is 14.3. The number of aryl methyl sites for hydroxylation is 1. The average molecular weight is 243 g/mol. The molecule has 2 aromatic carbocycles. The van der Waals surface area contributed by atoms with Gasteiger partial charge >= 0.3 is 0 Å². The van der Waals surface area contributed by atoms with Gasteiger partial charge in [0.05, 0.1) is 11.4 Å². The van der Waals surface area contributed by atoms with E-state index < -0.39 is 11.0 Å². The van der Waals surface area contributed by atoms with Gasteiger partial charge in [-0.25, -0.2) is 4.21 Å². The summed E-state index contributed by atoms with van der Waals surface area (Å²) in [5.74, 6) is 0. The van der Waals surface area contributed by atoms with E-state index in [0.717, 1.165) is 22.7 Å². The number of hydrogen-bond donors (Lipinski definition) is 0. The van der Waals surface area contributed by atoms with Crippen molar-refractivity contribution >= 4 is 16.7 Å². The normalized spacial score (nSPS) is 18.2.